The first-order valence-electron chi connectivity index (χ1n) is 10.6. The number of sulfonamides is 1. The van der Waals surface area contributed by atoms with Crippen molar-refractivity contribution in [3.05, 3.63) is 60.4 Å². The number of carbonyl (C=O) groups excluding carboxylic acids is 1. The van der Waals surface area contributed by atoms with Crippen LogP contribution in [-0.4, -0.2) is 74.8 Å². The van der Waals surface area contributed by atoms with Gasteiger partial charge in [0.2, 0.25) is 10.0 Å². The molecule has 2 aromatic carbocycles. The number of aliphatic hydroxyl groups excluding tert-OH is 1. The van der Waals surface area contributed by atoms with E-state index >= 15 is 0 Å². The Morgan fingerprint density at radius 1 is 1.09 bits per heavy atom. The fourth-order valence-electron chi connectivity index (χ4n) is 3.35. The zero-order valence-corrected chi connectivity index (χ0v) is 20.1. The summed E-state index contributed by atoms with van der Waals surface area (Å²) < 4.78 is 46.5. The number of urea groups is 1. The summed E-state index contributed by atoms with van der Waals surface area (Å²) in [6.07, 6.45) is -0.539. The molecule has 0 unspecified atom stereocenters. The van der Waals surface area contributed by atoms with Crippen LogP contribution in [-0.2, 0) is 14.8 Å². The van der Waals surface area contributed by atoms with Gasteiger partial charge in [0.15, 0.2) is 0 Å². The van der Waals surface area contributed by atoms with Gasteiger partial charge in [-0.3, -0.25) is 0 Å². The largest absolute Gasteiger partial charge is 0.394 e. The standard InChI is InChI=1S/C23H32FN3O5S/c1-17(22(32-4)15-26(3)33(30,31)19-10-6-5-7-11-19)14-27(18(2)16-28)23(29)25-21-13-9-8-12-20(21)24/h5-13,17-18,22,28H,14-16H2,1-4H3,(H,25,29)/t17-,18-,22-/m1/s1. The van der Waals surface area contributed by atoms with Crippen molar-refractivity contribution in [3.8, 4) is 0 Å². The summed E-state index contributed by atoms with van der Waals surface area (Å²) in [7, 11) is -0.762. The van der Waals surface area contributed by atoms with Crippen LogP contribution in [0.4, 0.5) is 14.9 Å². The summed E-state index contributed by atoms with van der Waals surface area (Å²) in [6, 6.07) is 12.8. The van der Waals surface area contributed by atoms with E-state index in [4.69, 9.17) is 4.74 Å². The lowest BCUT2D eigenvalue weighted by Crippen LogP contribution is -2.49. The summed E-state index contributed by atoms with van der Waals surface area (Å²) >= 11 is 0. The Balaban J connectivity index is 2.13. The fourth-order valence-corrected chi connectivity index (χ4v) is 4.55. The number of halogens is 1. The molecule has 182 valence electrons. The van der Waals surface area contributed by atoms with Gasteiger partial charge >= 0.3 is 6.03 Å². The predicted octanol–water partition coefficient (Wildman–Crippen LogP) is 3.01. The van der Waals surface area contributed by atoms with Crippen molar-refractivity contribution in [2.45, 2.75) is 30.9 Å². The van der Waals surface area contributed by atoms with E-state index in [0.29, 0.717) is 0 Å². The van der Waals surface area contributed by atoms with Gasteiger partial charge in [0.25, 0.3) is 0 Å². The predicted molar refractivity (Wildman–Crippen MR) is 125 cm³/mol. The SMILES string of the molecule is CO[C@H](CN(C)S(=O)(=O)c1ccccc1)[C@H](C)CN(C(=O)Nc1ccccc1F)[C@H](C)CO. The third-order valence-electron chi connectivity index (χ3n) is 5.48. The Bertz CT molecular complexity index is 1010. The molecule has 0 aliphatic heterocycles. The van der Waals surface area contributed by atoms with Gasteiger partial charge in [-0.1, -0.05) is 37.3 Å². The van der Waals surface area contributed by atoms with Gasteiger partial charge in [-0.25, -0.2) is 17.6 Å². The number of anilines is 1. The Hall–Kier alpha value is -2.53. The summed E-state index contributed by atoms with van der Waals surface area (Å²) in [5.74, 6) is -0.873. The van der Waals surface area contributed by atoms with Gasteiger partial charge < -0.3 is 20.1 Å². The molecule has 0 fully saturated rings. The van der Waals surface area contributed by atoms with Crippen LogP contribution in [0.3, 0.4) is 0 Å². The van der Waals surface area contributed by atoms with E-state index in [1.54, 1.807) is 31.2 Å². The van der Waals surface area contributed by atoms with E-state index in [1.807, 2.05) is 6.92 Å². The molecule has 0 heterocycles. The van der Waals surface area contributed by atoms with Gasteiger partial charge in [-0.15, -0.1) is 0 Å². The van der Waals surface area contributed by atoms with E-state index in [-0.39, 0.29) is 36.2 Å². The highest BCUT2D eigenvalue weighted by atomic mass is 32.2. The van der Waals surface area contributed by atoms with Gasteiger partial charge in [-0.05, 0) is 31.2 Å². The molecular formula is C23H32FN3O5S. The molecule has 2 amide bonds. The number of benzene rings is 2. The Morgan fingerprint density at radius 3 is 2.27 bits per heavy atom. The smallest absolute Gasteiger partial charge is 0.322 e. The number of nitrogens with zero attached hydrogens (tertiary/aromatic N) is 2. The van der Waals surface area contributed by atoms with Crippen molar-refractivity contribution in [3.63, 3.8) is 0 Å². The molecule has 0 bridgehead atoms. The lowest BCUT2D eigenvalue weighted by atomic mass is 10.0. The van der Waals surface area contributed by atoms with Crippen LogP contribution in [0.25, 0.3) is 0 Å². The average Bonchev–Trinajstić information content (AvgIpc) is 2.81. The lowest BCUT2D eigenvalue weighted by Gasteiger charge is -2.34. The summed E-state index contributed by atoms with van der Waals surface area (Å²) in [4.78, 5) is 14.4. The lowest BCUT2D eigenvalue weighted by molar-refractivity contribution is 0.0305. The van der Waals surface area contributed by atoms with Crippen molar-refractivity contribution in [1.82, 2.24) is 9.21 Å². The molecule has 2 rings (SSSR count). The maximum atomic E-state index is 14.0. The van der Waals surface area contributed by atoms with E-state index in [9.17, 15) is 22.7 Å². The van der Waals surface area contributed by atoms with Crippen molar-refractivity contribution < 1.29 is 27.4 Å². The van der Waals surface area contributed by atoms with E-state index in [2.05, 4.69) is 5.32 Å². The third-order valence-corrected chi connectivity index (χ3v) is 7.32. The van der Waals surface area contributed by atoms with Crippen molar-refractivity contribution in [1.29, 1.82) is 0 Å². The molecule has 0 aliphatic rings. The number of nitrogens with one attached hydrogen (secondary N) is 1. The number of likely N-dealkylation sites (N-methyl/N-ethyl adjacent to an activating group) is 1. The molecule has 3 atom stereocenters. The first-order valence-corrected chi connectivity index (χ1v) is 12.0. The fraction of sp³-hybridized carbons (Fsp3) is 0.435. The first-order chi connectivity index (χ1) is 15.6. The number of amides is 2. The van der Waals surface area contributed by atoms with Gasteiger partial charge in [0, 0.05) is 33.2 Å². The minimum Gasteiger partial charge on any atom is -0.394 e. The minimum absolute atomic E-state index is 0.0299. The molecule has 0 aliphatic carbocycles. The maximum Gasteiger partial charge on any atom is 0.322 e. The van der Waals surface area contributed by atoms with Crippen molar-refractivity contribution >= 4 is 21.7 Å². The van der Waals surface area contributed by atoms with Crippen LogP contribution in [0.1, 0.15) is 13.8 Å². The van der Waals surface area contributed by atoms with Crippen LogP contribution in [0, 0.1) is 11.7 Å². The van der Waals surface area contributed by atoms with Crippen LogP contribution in [0.2, 0.25) is 0 Å². The second-order valence-electron chi connectivity index (χ2n) is 7.94. The summed E-state index contributed by atoms with van der Waals surface area (Å²) in [5.41, 5.74) is 0.0299. The molecule has 8 nitrogen and oxygen atoms in total. The highest BCUT2D eigenvalue weighted by molar-refractivity contribution is 7.89. The van der Waals surface area contributed by atoms with Crippen LogP contribution < -0.4 is 5.32 Å². The van der Waals surface area contributed by atoms with Crippen LogP contribution >= 0.6 is 0 Å². The van der Waals surface area contributed by atoms with Crippen LogP contribution in [0.15, 0.2) is 59.5 Å². The number of methoxy groups -OCH3 is 1. The number of para-hydroxylation sites is 1. The van der Waals surface area contributed by atoms with Crippen molar-refractivity contribution in [2.24, 2.45) is 5.92 Å². The highest BCUT2D eigenvalue weighted by Gasteiger charge is 2.30. The second-order valence-corrected chi connectivity index (χ2v) is 9.99. The Morgan fingerprint density at radius 2 is 1.70 bits per heavy atom. The van der Waals surface area contributed by atoms with E-state index < -0.39 is 34.0 Å². The maximum absolute atomic E-state index is 14.0. The van der Waals surface area contributed by atoms with Gasteiger partial charge in [0.1, 0.15) is 5.82 Å². The quantitative estimate of drug-likeness (QED) is 0.514. The number of rotatable bonds is 11. The molecule has 2 aromatic rings. The van der Waals surface area contributed by atoms with Gasteiger partial charge in [-0.2, -0.15) is 4.31 Å². The molecule has 0 saturated heterocycles. The van der Waals surface area contributed by atoms with Crippen LogP contribution in [0.5, 0.6) is 0 Å². The molecule has 0 saturated carbocycles. The number of ether oxygens (including phenoxy) is 1. The minimum atomic E-state index is -3.71. The molecule has 0 aromatic heterocycles. The zero-order chi connectivity index (χ0) is 24.6. The molecule has 2 N–H and O–H groups in total. The summed E-state index contributed by atoms with van der Waals surface area (Å²) in [5, 5.41) is 12.2. The zero-order valence-electron chi connectivity index (χ0n) is 19.3. The number of hydrogen-bond acceptors (Lipinski definition) is 5. The second kappa shape index (κ2) is 12.1. The molecule has 10 heteroatoms. The average molecular weight is 482 g/mol. The van der Waals surface area contributed by atoms with Crippen molar-refractivity contribution in [2.75, 3.05) is 39.2 Å². The molecule has 0 spiro atoms. The summed E-state index contributed by atoms with van der Waals surface area (Å²) in [6.45, 7) is 3.41. The number of carbonyl (C=O) groups is 1. The number of hydrogen-bond donors (Lipinski definition) is 2. The molecule has 33 heavy (non-hydrogen) atoms. The number of aliphatic hydroxyl groups is 1. The highest BCUT2D eigenvalue weighted by Crippen LogP contribution is 2.19. The molecular weight excluding hydrogens is 449 g/mol. The normalized spacial score (nSPS) is 14.5. The monoisotopic (exact) mass is 481 g/mol. The molecule has 0 radical (unpaired) electrons. The topological polar surface area (TPSA) is 99.2 Å². The van der Waals surface area contributed by atoms with Gasteiger partial charge in [0.05, 0.1) is 29.3 Å². The Kier molecular flexibility index (Phi) is 9.78. The van der Waals surface area contributed by atoms with E-state index in [0.717, 1.165) is 0 Å². The Labute approximate surface area is 195 Å². The van der Waals surface area contributed by atoms with E-state index in [1.165, 1.54) is 53.7 Å². The first kappa shape index (κ1) is 26.7. The third kappa shape index (κ3) is 6.97.